The van der Waals surface area contributed by atoms with Gasteiger partial charge in [-0.3, -0.25) is 9.78 Å². The summed E-state index contributed by atoms with van der Waals surface area (Å²) in [5, 5.41) is 8.65. The van der Waals surface area contributed by atoms with Crippen LogP contribution in [0.3, 0.4) is 0 Å². The van der Waals surface area contributed by atoms with Crippen LogP contribution in [0.2, 0.25) is 0 Å². The second-order valence-electron chi connectivity index (χ2n) is 2.62. The summed E-state index contributed by atoms with van der Waals surface area (Å²) in [5.74, 6) is -1.45. The average Bonchev–Trinajstić information content (AvgIpc) is 2.15. The zero-order chi connectivity index (χ0) is 10.6. The average molecular weight is 195 g/mol. The highest BCUT2D eigenvalue weighted by atomic mass is 16.5. The first-order chi connectivity index (χ1) is 6.59. The molecule has 1 heterocycles. The lowest BCUT2D eigenvalue weighted by Gasteiger charge is -2.01. The molecule has 1 aromatic heterocycles. The molecule has 0 aliphatic heterocycles. The van der Waals surface area contributed by atoms with E-state index in [2.05, 4.69) is 9.72 Å². The van der Waals surface area contributed by atoms with Crippen LogP contribution in [-0.4, -0.2) is 22.0 Å². The number of nitrogens with zero attached hydrogens (tertiary/aromatic N) is 1. The Hall–Kier alpha value is -1.91. The third kappa shape index (κ3) is 2.85. The van der Waals surface area contributed by atoms with Gasteiger partial charge in [-0.1, -0.05) is 0 Å². The van der Waals surface area contributed by atoms with E-state index >= 15 is 0 Å². The molecule has 0 saturated carbocycles. The largest absolute Gasteiger partial charge is 0.478 e. The van der Waals surface area contributed by atoms with Crippen LogP contribution in [0.5, 0.6) is 0 Å². The van der Waals surface area contributed by atoms with Crippen molar-refractivity contribution in [3.05, 3.63) is 29.6 Å². The third-order valence-electron chi connectivity index (χ3n) is 1.49. The molecule has 1 N–H and O–H groups in total. The number of rotatable bonds is 3. The molecule has 0 saturated heterocycles. The summed E-state index contributed by atoms with van der Waals surface area (Å²) in [6.45, 7) is 1.28. The standard InChI is InChI=1S/C9H9NO4/c1-6(11)14-5-8-4-7(9(12)13)2-3-10-8/h2-4H,5H2,1H3,(H,12,13). The van der Waals surface area contributed by atoms with Crippen molar-refractivity contribution in [2.24, 2.45) is 0 Å². The topological polar surface area (TPSA) is 76.5 Å². The maximum atomic E-state index is 10.6. The molecule has 5 nitrogen and oxygen atoms in total. The number of hydrogen-bond donors (Lipinski definition) is 1. The molecule has 0 atom stereocenters. The molecule has 0 bridgehead atoms. The third-order valence-corrected chi connectivity index (χ3v) is 1.49. The van der Waals surface area contributed by atoms with Gasteiger partial charge in [0.25, 0.3) is 0 Å². The minimum absolute atomic E-state index is 0.00352. The Morgan fingerprint density at radius 2 is 2.29 bits per heavy atom. The highest BCUT2D eigenvalue weighted by molar-refractivity contribution is 5.87. The molecule has 0 aliphatic carbocycles. The van der Waals surface area contributed by atoms with Crippen molar-refractivity contribution >= 4 is 11.9 Å². The number of carboxylic acids is 1. The SMILES string of the molecule is CC(=O)OCc1cc(C(=O)O)ccn1. The number of carboxylic acid groups (broad SMARTS) is 1. The van der Waals surface area contributed by atoms with Crippen LogP contribution in [0.1, 0.15) is 23.0 Å². The van der Waals surface area contributed by atoms with Crippen molar-refractivity contribution in [3.8, 4) is 0 Å². The van der Waals surface area contributed by atoms with E-state index in [4.69, 9.17) is 5.11 Å². The van der Waals surface area contributed by atoms with Gasteiger partial charge in [0, 0.05) is 13.1 Å². The number of carbonyl (C=O) groups is 2. The van der Waals surface area contributed by atoms with Gasteiger partial charge in [0.1, 0.15) is 6.61 Å². The van der Waals surface area contributed by atoms with E-state index in [1.165, 1.54) is 25.3 Å². The van der Waals surface area contributed by atoms with Gasteiger partial charge in [0.05, 0.1) is 11.3 Å². The monoisotopic (exact) mass is 195 g/mol. The molecule has 0 fully saturated rings. The number of aromatic nitrogens is 1. The van der Waals surface area contributed by atoms with Crippen molar-refractivity contribution in [2.75, 3.05) is 0 Å². The Labute approximate surface area is 80.3 Å². The summed E-state index contributed by atoms with van der Waals surface area (Å²) in [6, 6.07) is 2.74. The van der Waals surface area contributed by atoms with E-state index in [1.807, 2.05) is 0 Å². The van der Waals surface area contributed by atoms with E-state index in [9.17, 15) is 9.59 Å². The van der Waals surface area contributed by atoms with E-state index in [-0.39, 0.29) is 12.2 Å². The number of pyridine rings is 1. The van der Waals surface area contributed by atoms with Crippen LogP contribution in [0.4, 0.5) is 0 Å². The Balaban J connectivity index is 2.73. The fourth-order valence-electron chi connectivity index (χ4n) is 0.866. The van der Waals surface area contributed by atoms with Crippen LogP contribution in [0.15, 0.2) is 18.3 Å². The summed E-state index contributed by atoms with van der Waals surface area (Å²) < 4.78 is 4.67. The number of hydrogen-bond acceptors (Lipinski definition) is 4. The zero-order valence-corrected chi connectivity index (χ0v) is 7.56. The molecule has 0 spiro atoms. The molecular formula is C9H9NO4. The molecule has 0 radical (unpaired) electrons. The predicted molar refractivity (Wildman–Crippen MR) is 46.7 cm³/mol. The maximum Gasteiger partial charge on any atom is 0.335 e. The first-order valence-electron chi connectivity index (χ1n) is 3.91. The van der Waals surface area contributed by atoms with Crippen LogP contribution in [0.25, 0.3) is 0 Å². The number of esters is 1. The smallest absolute Gasteiger partial charge is 0.335 e. The van der Waals surface area contributed by atoms with Crippen LogP contribution < -0.4 is 0 Å². The van der Waals surface area contributed by atoms with Crippen molar-refractivity contribution in [1.82, 2.24) is 4.98 Å². The lowest BCUT2D eigenvalue weighted by molar-refractivity contribution is -0.142. The highest BCUT2D eigenvalue weighted by Gasteiger charge is 2.04. The van der Waals surface area contributed by atoms with Gasteiger partial charge >= 0.3 is 11.9 Å². The summed E-state index contributed by atoms with van der Waals surface area (Å²) in [7, 11) is 0. The Bertz CT molecular complexity index is 362. The minimum atomic E-state index is -1.03. The molecule has 0 amide bonds. The van der Waals surface area contributed by atoms with E-state index < -0.39 is 11.9 Å². The summed E-state index contributed by atoms with van der Waals surface area (Å²) in [6.07, 6.45) is 1.36. The number of carbonyl (C=O) groups excluding carboxylic acids is 1. The summed E-state index contributed by atoms with van der Waals surface area (Å²) >= 11 is 0. The fraction of sp³-hybridized carbons (Fsp3) is 0.222. The van der Waals surface area contributed by atoms with E-state index in [0.29, 0.717) is 5.69 Å². The molecule has 0 aromatic carbocycles. The Morgan fingerprint density at radius 3 is 2.86 bits per heavy atom. The quantitative estimate of drug-likeness (QED) is 0.723. The van der Waals surface area contributed by atoms with E-state index in [0.717, 1.165) is 0 Å². The van der Waals surface area contributed by atoms with Crippen LogP contribution >= 0.6 is 0 Å². The Morgan fingerprint density at radius 1 is 1.57 bits per heavy atom. The van der Waals surface area contributed by atoms with Gasteiger partial charge in [-0.15, -0.1) is 0 Å². The molecule has 74 valence electrons. The van der Waals surface area contributed by atoms with Gasteiger partial charge in [-0.2, -0.15) is 0 Å². The van der Waals surface area contributed by atoms with Crippen molar-refractivity contribution < 1.29 is 19.4 Å². The minimum Gasteiger partial charge on any atom is -0.478 e. The molecule has 1 rings (SSSR count). The zero-order valence-electron chi connectivity index (χ0n) is 7.56. The summed E-state index contributed by atoms with van der Waals surface area (Å²) in [5.41, 5.74) is 0.544. The Kier molecular flexibility index (Phi) is 3.17. The molecule has 5 heteroatoms. The lowest BCUT2D eigenvalue weighted by atomic mass is 10.2. The molecule has 0 unspecified atom stereocenters. The highest BCUT2D eigenvalue weighted by Crippen LogP contribution is 2.03. The molecule has 0 aliphatic rings. The van der Waals surface area contributed by atoms with Gasteiger partial charge in [0.2, 0.25) is 0 Å². The normalized spacial score (nSPS) is 9.50. The first kappa shape index (κ1) is 10.2. The number of aromatic carboxylic acids is 1. The van der Waals surface area contributed by atoms with Gasteiger partial charge in [0.15, 0.2) is 0 Å². The predicted octanol–water partition coefficient (Wildman–Crippen LogP) is 0.843. The second kappa shape index (κ2) is 4.36. The van der Waals surface area contributed by atoms with Crippen molar-refractivity contribution in [3.63, 3.8) is 0 Å². The van der Waals surface area contributed by atoms with Crippen molar-refractivity contribution in [2.45, 2.75) is 13.5 Å². The molecule has 1 aromatic rings. The van der Waals surface area contributed by atoms with Gasteiger partial charge in [-0.05, 0) is 12.1 Å². The fourth-order valence-corrected chi connectivity index (χ4v) is 0.866. The van der Waals surface area contributed by atoms with Crippen LogP contribution in [0, 0.1) is 0 Å². The van der Waals surface area contributed by atoms with E-state index in [1.54, 1.807) is 0 Å². The van der Waals surface area contributed by atoms with Crippen LogP contribution in [-0.2, 0) is 16.1 Å². The summed E-state index contributed by atoms with van der Waals surface area (Å²) in [4.78, 5) is 24.9. The maximum absolute atomic E-state index is 10.6. The molecular weight excluding hydrogens is 186 g/mol. The van der Waals surface area contributed by atoms with Crippen molar-refractivity contribution in [1.29, 1.82) is 0 Å². The second-order valence-corrected chi connectivity index (χ2v) is 2.62. The van der Waals surface area contributed by atoms with Gasteiger partial charge in [-0.25, -0.2) is 4.79 Å². The molecule has 14 heavy (non-hydrogen) atoms. The number of ether oxygens (including phenoxy) is 1. The lowest BCUT2D eigenvalue weighted by Crippen LogP contribution is -2.03. The van der Waals surface area contributed by atoms with Gasteiger partial charge < -0.3 is 9.84 Å². The first-order valence-corrected chi connectivity index (χ1v) is 3.91.